The van der Waals surface area contributed by atoms with Crippen LogP contribution in [0.1, 0.15) is 15.9 Å². The van der Waals surface area contributed by atoms with E-state index in [0.29, 0.717) is 10.6 Å². The molecule has 0 aliphatic carbocycles. The van der Waals surface area contributed by atoms with E-state index >= 15 is 0 Å². The summed E-state index contributed by atoms with van der Waals surface area (Å²) in [5.74, 6) is -1.56. The van der Waals surface area contributed by atoms with Crippen LogP contribution < -0.4 is 5.32 Å². The SMILES string of the molecule is O=C(N[C@@H](Cc1c[nH]c2ccccc12)C(=O)O)c1cccc(Cl)c1. The summed E-state index contributed by atoms with van der Waals surface area (Å²) < 4.78 is 0. The van der Waals surface area contributed by atoms with Gasteiger partial charge in [-0.05, 0) is 29.8 Å². The monoisotopic (exact) mass is 342 g/mol. The molecule has 0 aliphatic rings. The van der Waals surface area contributed by atoms with Gasteiger partial charge in [-0.25, -0.2) is 4.79 Å². The number of para-hydroxylation sites is 1. The Morgan fingerprint density at radius 2 is 1.96 bits per heavy atom. The van der Waals surface area contributed by atoms with Crippen LogP contribution in [0.25, 0.3) is 10.9 Å². The van der Waals surface area contributed by atoms with Crippen molar-refractivity contribution in [3.63, 3.8) is 0 Å². The van der Waals surface area contributed by atoms with E-state index in [1.807, 2.05) is 24.3 Å². The second-order valence-electron chi connectivity index (χ2n) is 5.44. The molecule has 0 saturated heterocycles. The highest BCUT2D eigenvalue weighted by Crippen LogP contribution is 2.19. The first-order valence-electron chi connectivity index (χ1n) is 7.39. The van der Waals surface area contributed by atoms with E-state index in [1.54, 1.807) is 24.4 Å². The van der Waals surface area contributed by atoms with E-state index in [1.165, 1.54) is 6.07 Å². The lowest BCUT2D eigenvalue weighted by Gasteiger charge is -2.14. The minimum Gasteiger partial charge on any atom is -0.480 e. The summed E-state index contributed by atoms with van der Waals surface area (Å²) in [5, 5.41) is 13.4. The molecule has 0 spiro atoms. The zero-order chi connectivity index (χ0) is 17.1. The van der Waals surface area contributed by atoms with Gasteiger partial charge < -0.3 is 15.4 Å². The second kappa shape index (κ2) is 6.76. The fourth-order valence-electron chi connectivity index (χ4n) is 2.59. The van der Waals surface area contributed by atoms with Gasteiger partial charge in [0.1, 0.15) is 6.04 Å². The van der Waals surface area contributed by atoms with E-state index in [9.17, 15) is 14.7 Å². The lowest BCUT2D eigenvalue weighted by Crippen LogP contribution is -2.42. The molecule has 0 saturated carbocycles. The molecule has 122 valence electrons. The van der Waals surface area contributed by atoms with Crippen LogP contribution in [0.15, 0.2) is 54.7 Å². The summed E-state index contributed by atoms with van der Waals surface area (Å²) in [5.41, 5.74) is 2.09. The molecule has 3 rings (SSSR count). The molecule has 0 bridgehead atoms. The molecule has 6 heteroatoms. The Bertz CT molecular complexity index is 904. The number of carboxylic acids is 1. The van der Waals surface area contributed by atoms with Crippen molar-refractivity contribution >= 4 is 34.4 Å². The highest BCUT2D eigenvalue weighted by Gasteiger charge is 2.22. The van der Waals surface area contributed by atoms with Gasteiger partial charge in [0.15, 0.2) is 0 Å². The van der Waals surface area contributed by atoms with Crippen LogP contribution in [0.4, 0.5) is 0 Å². The molecule has 3 aromatic rings. The van der Waals surface area contributed by atoms with Gasteiger partial charge in [0.05, 0.1) is 0 Å². The molecule has 0 aliphatic heterocycles. The molecule has 2 aromatic carbocycles. The van der Waals surface area contributed by atoms with Crippen molar-refractivity contribution in [3.8, 4) is 0 Å². The number of amides is 1. The van der Waals surface area contributed by atoms with E-state index in [-0.39, 0.29) is 6.42 Å². The van der Waals surface area contributed by atoms with E-state index in [2.05, 4.69) is 10.3 Å². The molecule has 3 N–H and O–H groups in total. The van der Waals surface area contributed by atoms with Crippen molar-refractivity contribution in [2.75, 3.05) is 0 Å². The standard InChI is InChI=1S/C18H15ClN2O3/c19-13-5-3-4-11(8-13)17(22)21-16(18(23)24)9-12-10-20-15-7-2-1-6-14(12)15/h1-8,10,16,20H,9H2,(H,21,22)(H,23,24)/t16-/m0/s1. The first kappa shape index (κ1) is 16.1. The summed E-state index contributed by atoms with van der Waals surface area (Å²) in [6.07, 6.45) is 1.96. The van der Waals surface area contributed by atoms with Gasteiger partial charge in [-0.3, -0.25) is 4.79 Å². The Morgan fingerprint density at radius 1 is 1.17 bits per heavy atom. The summed E-state index contributed by atoms with van der Waals surface area (Å²) >= 11 is 5.87. The predicted molar refractivity (Wildman–Crippen MR) is 92.3 cm³/mol. The van der Waals surface area contributed by atoms with Crippen LogP contribution in [0, 0.1) is 0 Å². The fourth-order valence-corrected chi connectivity index (χ4v) is 2.78. The fraction of sp³-hybridized carbons (Fsp3) is 0.111. The zero-order valence-electron chi connectivity index (χ0n) is 12.6. The third kappa shape index (κ3) is 3.41. The van der Waals surface area contributed by atoms with Crippen molar-refractivity contribution in [2.45, 2.75) is 12.5 Å². The zero-order valence-corrected chi connectivity index (χ0v) is 13.4. The number of carbonyl (C=O) groups is 2. The number of H-pyrrole nitrogens is 1. The number of aromatic nitrogens is 1. The predicted octanol–water partition coefficient (Wildman–Crippen LogP) is 3.25. The average molecular weight is 343 g/mol. The number of hydrogen-bond acceptors (Lipinski definition) is 2. The Kier molecular flexibility index (Phi) is 4.53. The van der Waals surface area contributed by atoms with Crippen LogP contribution in [0.3, 0.4) is 0 Å². The van der Waals surface area contributed by atoms with Gasteiger partial charge in [-0.2, -0.15) is 0 Å². The molecule has 24 heavy (non-hydrogen) atoms. The Balaban J connectivity index is 1.80. The van der Waals surface area contributed by atoms with Crippen LogP contribution in [-0.4, -0.2) is 28.0 Å². The lowest BCUT2D eigenvalue weighted by atomic mass is 10.0. The number of nitrogens with one attached hydrogen (secondary N) is 2. The number of benzene rings is 2. The summed E-state index contributed by atoms with van der Waals surface area (Å²) in [6, 6.07) is 13.0. The number of carboxylic acid groups (broad SMARTS) is 1. The number of carbonyl (C=O) groups excluding carboxylic acids is 1. The molecule has 1 amide bonds. The summed E-state index contributed by atoms with van der Waals surface area (Å²) in [4.78, 5) is 26.9. The normalized spacial score (nSPS) is 12.0. The van der Waals surface area contributed by atoms with Crippen molar-refractivity contribution in [2.24, 2.45) is 0 Å². The lowest BCUT2D eigenvalue weighted by molar-refractivity contribution is -0.139. The minimum atomic E-state index is -1.09. The molecule has 0 unspecified atom stereocenters. The minimum absolute atomic E-state index is 0.186. The molecular formula is C18H15ClN2O3. The topological polar surface area (TPSA) is 82.2 Å². The molecule has 1 atom stereocenters. The smallest absolute Gasteiger partial charge is 0.326 e. The number of aliphatic carboxylic acids is 1. The number of rotatable bonds is 5. The van der Waals surface area contributed by atoms with E-state index < -0.39 is 17.9 Å². The Hall–Kier alpha value is -2.79. The van der Waals surface area contributed by atoms with Crippen LogP contribution >= 0.6 is 11.6 Å². The van der Waals surface area contributed by atoms with Gasteiger partial charge in [0, 0.05) is 34.1 Å². The maximum absolute atomic E-state index is 12.3. The van der Waals surface area contributed by atoms with E-state index in [4.69, 9.17) is 11.6 Å². The number of halogens is 1. The maximum Gasteiger partial charge on any atom is 0.326 e. The molecule has 5 nitrogen and oxygen atoms in total. The van der Waals surface area contributed by atoms with Gasteiger partial charge in [0.2, 0.25) is 0 Å². The van der Waals surface area contributed by atoms with E-state index in [0.717, 1.165) is 16.5 Å². The van der Waals surface area contributed by atoms with Crippen LogP contribution in [0.2, 0.25) is 5.02 Å². The van der Waals surface area contributed by atoms with Gasteiger partial charge in [-0.15, -0.1) is 0 Å². The van der Waals surface area contributed by atoms with Crippen molar-refractivity contribution in [1.82, 2.24) is 10.3 Å². The second-order valence-corrected chi connectivity index (χ2v) is 5.87. The Labute approximate surface area is 143 Å². The molecule has 0 fully saturated rings. The van der Waals surface area contributed by atoms with Crippen LogP contribution in [0.5, 0.6) is 0 Å². The summed E-state index contributed by atoms with van der Waals surface area (Å²) in [6.45, 7) is 0. The van der Waals surface area contributed by atoms with Crippen molar-refractivity contribution < 1.29 is 14.7 Å². The maximum atomic E-state index is 12.3. The Morgan fingerprint density at radius 3 is 2.71 bits per heavy atom. The van der Waals surface area contributed by atoms with Gasteiger partial charge in [-0.1, -0.05) is 35.9 Å². The third-order valence-corrected chi connectivity index (χ3v) is 4.02. The number of hydrogen-bond donors (Lipinski definition) is 3. The largest absolute Gasteiger partial charge is 0.480 e. The first-order valence-corrected chi connectivity index (χ1v) is 7.76. The average Bonchev–Trinajstić information content (AvgIpc) is 2.97. The van der Waals surface area contributed by atoms with Crippen molar-refractivity contribution in [3.05, 3.63) is 70.9 Å². The molecule has 1 aromatic heterocycles. The molecule has 1 heterocycles. The molecular weight excluding hydrogens is 328 g/mol. The number of aromatic amines is 1. The van der Waals surface area contributed by atoms with Crippen LogP contribution in [-0.2, 0) is 11.2 Å². The highest BCUT2D eigenvalue weighted by atomic mass is 35.5. The highest BCUT2D eigenvalue weighted by molar-refractivity contribution is 6.31. The third-order valence-electron chi connectivity index (χ3n) is 3.79. The molecule has 0 radical (unpaired) electrons. The van der Waals surface area contributed by atoms with Gasteiger partial charge in [0.25, 0.3) is 5.91 Å². The van der Waals surface area contributed by atoms with Gasteiger partial charge >= 0.3 is 5.97 Å². The first-order chi connectivity index (χ1) is 11.5. The number of fused-ring (bicyclic) bond motifs is 1. The summed E-state index contributed by atoms with van der Waals surface area (Å²) in [7, 11) is 0. The van der Waals surface area contributed by atoms with Crippen molar-refractivity contribution in [1.29, 1.82) is 0 Å². The quantitative estimate of drug-likeness (QED) is 0.665.